The fourth-order valence-corrected chi connectivity index (χ4v) is 1.68. The number of para-hydroxylation sites is 2. The highest BCUT2D eigenvalue weighted by molar-refractivity contribution is 6.29. The van der Waals surface area contributed by atoms with Gasteiger partial charge >= 0.3 is 5.97 Å². The van der Waals surface area contributed by atoms with Crippen molar-refractivity contribution in [2.24, 2.45) is 0 Å². The van der Waals surface area contributed by atoms with Crippen molar-refractivity contribution in [3.8, 4) is 0 Å². The van der Waals surface area contributed by atoms with Crippen LogP contribution < -0.4 is 5.56 Å². The minimum Gasteiger partial charge on any atom is -0.480 e. The van der Waals surface area contributed by atoms with Gasteiger partial charge in [0.25, 0.3) is 5.56 Å². The molecule has 0 aliphatic carbocycles. The summed E-state index contributed by atoms with van der Waals surface area (Å²) in [5.41, 5.74) is 0.837. The molecule has 1 N–H and O–H groups in total. The van der Waals surface area contributed by atoms with E-state index in [1.54, 1.807) is 24.3 Å². The number of aromatic nitrogens is 2. The molecule has 5 nitrogen and oxygen atoms in total. The Labute approximate surface area is 101 Å². The van der Waals surface area contributed by atoms with E-state index in [4.69, 9.17) is 16.7 Å². The Balaban J connectivity index is 2.55. The van der Waals surface area contributed by atoms with Gasteiger partial charge in [-0.3, -0.25) is 9.59 Å². The van der Waals surface area contributed by atoms with Gasteiger partial charge < -0.3 is 9.67 Å². The minimum atomic E-state index is -1.15. The third kappa shape index (κ3) is 2.29. The van der Waals surface area contributed by atoms with Crippen molar-refractivity contribution in [1.82, 2.24) is 9.55 Å². The molecular weight excluding hydrogens is 244 g/mol. The molecule has 2 rings (SSSR count). The van der Waals surface area contributed by atoms with E-state index in [0.29, 0.717) is 11.0 Å². The first-order valence-electron chi connectivity index (χ1n) is 4.91. The van der Waals surface area contributed by atoms with E-state index in [-0.39, 0.29) is 12.1 Å². The molecule has 1 aromatic heterocycles. The van der Waals surface area contributed by atoms with Crippen molar-refractivity contribution in [1.29, 1.82) is 0 Å². The summed E-state index contributed by atoms with van der Waals surface area (Å²) in [6, 6.07) is 6.99. The number of aliphatic carboxylic acids is 1. The Morgan fingerprint density at radius 2 is 2.18 bits per heavy atom. The Morgan fingerprint density at radius 3 is 2.88 bits per heavy atom. The van der Waals surface area contributed by atoms with E-state index in [2.05, 4.69) is 4.98 Å². The molecule has 0 fully saturated rings. The van der Waals surface area contributed by atoms with Crippen LogP contribution in [-0.2, 0) is 11.3 Å². The van der Waals surface area contributed by atoms with Crippen molar-refractivity contribution < 1.29 is 9.90 Å². The van der Waals surface area contributed by atoms with Crippen molar-refractivity contribution in [3.63, 3.8) is 0 Å². The van der Waals surface area contributed by atoms with Crippen molar-refractivity contribution in [2.45, 2.75) is 11.9 Å². The Kier molecular flexibility index (Phi) is 3.10. The molecule has 1 atom stereocenters. The molecule has 1 unspecified atom stereocenters. The predicted molar refractivity (Wildman–Crippen MR) is 63.3 cm³/mol. The number of nitrogens with zero attached hydrogens (tertiary/aromatic N) is 2. The fraction of sp³-hybridized carbons (Fsp3) is 0.182. The summed E-state index contributed by atoms with van der Waals surface area (Å²) >= 11 is 5.64. The molecule has 0 saturated carbocycles. The summed E-state index contributed by atoms with van der Waals surface area (Å²) in [5.74, 6) is -1.15. The van der Waals surface area contributed by atoms with Gasteiger partial charge in [0.05, 0.1) is 23.8 Å². The SMILES string of the molecule is O=C(O)C(Cl)Cn1c(=O)cnc2ccccc21. The molecule has 17 heavy (non-hydrogen) atoms. The Hall–Kier alpha value is -1.88. The number of hydrogen-bond acceptors (Lipinski definition) is 3. The third-order valence-electron chi connectivity index (χ3n) is 2.36. The molecule has 0 saturated heterocycles. The lowest BCUT2D eigenvalue weighted by Crippen LogP contribution is -2.28. The summed E-state index contributed by atoms with van der Waals surface area (Å²) in [4.78, 5) is 26.3. The minimum absolute atomic E-state index is 0.0846. The van der Waals surface area contributed by atoms with E-state index < -0.39 is 11.3 Å². The summed E-state index contributed by atoms with van der Waals surface area (Å²) < 4.78 is 1.31. The van der Waals surface area contributed by atoms with E-state index >= 15 is 0 Å². The molecule has 0 bridgehead atoms. The summed E-state index contributed by atoms with van der Waals surface area (Å²) in [7, 11) is 0. The zero-order valence-electron chi connectivity index (χ0n) is 8.71. The van der Waals surface area contributed by atoms with Crippen LogP contribution in [0.1, 0.15) is 0 Å². The van der Waals surface area contributed by atoms with Gasteiger partial charge in [0, 0.05) is 0 Å². The van der Waals surface area contributed by atoms with Gasteiger partial charge in [-0.15, -0.1) is 11.6 Å². The molecule has 88 valence electrons. The van der Waals surface area contributed by atoms with E-state index in [1.165, 1.54) is 4.57 Å². The number of carboxylic acids is 1. The van der Waals surface area contributed by atoms with Gasteiger partial charge in [-0.2, -0.15) is 0 Å². The molecule has 0 aliphatic rings. The van der Waals surface area contributed by atoms with Crippen LogP contribution >= 0.6 is 11.6 Å². The Bertz CT molecular complexity index is 623. The van der Waals surface area contributed by atoms with E-state index in [1.807, 2.05) is 0 Å². The average Bonchev–Trinajstić information content (AvgIpc) is 2.32. The standard InChI is InChI=1S/C11H9ClN2O3/c12-7(11(16)17)6-14-9-4-2-1-3-8(9)13-5-10(14)15/h1-5,7H,6H2,(H,16,17). The number of rotatable bonds is 3. The maximum Gasteiger partial charge on any atom is 0.323 e. The summed E-state index contributed by atoms with van der Waals surface area (Å²) in [6.45, 7) is -0.0846. The molecule has 1 heterocycles. The van der Waals surface area contributed by atoms with Gasteiger partial charge in [0.15, 0.2) is 0 Å². The lowest BCUT2D eigenvalue weighted by molar-refractivity contribution is -0.136. The second-order valence-corrected chi connectivity index (χ2v) is 4.03. The van der Waals surface area contributed by atoms with Gasteiger partial charge in [-0.05, 0) is 12.1 Å². The Morgan fingerprint density at radius 1 is 1.47 bits per heavy atom. The first kappa shape index (κ1) is 11.6. The lowest BCUT2D eigenvalue weighted by Gasteiger charge is -2.10. The smallest absolute Gasteiger partial charge is 0.323 e. The van der Waals surface area contributed by atoms with Crippen LogP contribution in [0.3, 0.4) is 0 Å². The molecule has 0 spiro atoms. The second kappa shape index (κ2) is 4.55. The zero-order chi connectivity index (χ0) is 12.4. The number of benzene rings is 1. The normalized spacial score (nSPS) is 12.5. The van der Waals surface area contributed by atoms with Crippen LogP contribution in [0.15, 0.2) is 35.3 Å². The molecule has 0 amide bonds. The van der Waals surface area contributed by atoms with Crippen LogP contribution in [0.4, 0.5) is 0 Å². The van der Waals surface area contributed by atoms with Crippen LogP contribution in [0.2, 0.25) is 0 Å². The van der Waals surface area contributed by atoms with E-state index in [0.717, 1.165) is 6.20 Å². The van der Waals surface area contributed by atoms with Crippen molar-refractivity contribution in [3.05, 3.63) is 40.8 Å². The highest BCUT2D eigenvalue weighted by atomic mass is 35.5. The number of alkyl halides is 1. The monoisotopic (exact) mass is 252 g/mol. The quantitative estimate of drug-likeness (QED) is 0.830. The van der Waals surface area contributed by atoms with Crippen LogP contribution in [-0.4, -0.2) is 26.0 Å². The highest BCUT2D eigenvalue weighted by Gasteiger charge is 2.16. The second-order valence-electron chi connectivity index (χ2n) is 3.50. The molecule has 0 aliphatic heterocycles. The largest absolute Gasteiger partial charge is 0.480 e. The van der Waals surface area contributed by atoms with Gasteiger partial charge in [-0.1, -0.05) is 12.1 Å². The zero-order valence-corrected chi connectivity index (χ0v) is 9.46. The van der Waals surface area contributed by atoms with Gasteiger partial charge in [0.2, 0.25) is 0 Å². The number of fused-ring (bicyclic) bond motifs is 1. The van der Waals surface area contributed by atoms with Crippen molar-refractivity contribution in [2.75, 3.05) is 0 Å². The molecule has 0 radical (unpaired) electrons. The molecular formula is C11H9ClN2O3. The van der Waals surface area contributed by atoms with E-state index in [9.17, 15) is 9.59 Å². The summed E-state index contributed by atoms with van der Waals surface area (Å²) in [5, 5.41) is 7.60. The summed E-state index contributed by atoms with van der Waals surface area (Å²) in [6.07, 6.45) is 1.16. The number of hydrogen-bond donors (Lipinski definition) is 1. The molecule has 2 aromatic rings. The molecule has 1 aromatic carbocycles. The number of halogens is 1. The maximum atomic E-state index is 11.6. The average molecular weight is 253 g/mol. The predicted octanol–water partition coefficient (Wildman–Crippen LogP) is 1.09. The third-order valence-corrected chi connectivity index (χ3v) is 2.69. The maximum absolute atomic E-state index is 11.6. The van der Waals surface area contributed by atoms with Crippen molar-refractivity contribution >= 4 is 28.6 Å². The molecule has 6 heteroatoms. The van der Waals surface area contributed by atoms with Gasteiger partial charge in [0.1, 0.15) is 5.38 Å². The lowest BCUT2D eigenvalue weighted by atomic mass is 10.3. The highest BCUT2D eigenvalue weighted by Crippen LogP contribution is 2.10. The number of carboxylic acid groups (broad SMARTS) is 1. The van der Waals surface area contributed by atoms with Crippen LogP contribution in [0, 0.1) is 0 Å². The number of carbonyl (C=O) groups is 1. The first-order valence-corrected chi connectivity index (χ1v) is 5.34. The fourth-order valence-electron chi connectivity index (χ4n) is 1.54. The van der Waals surface area contributed by atoms with Crippen LogP contribution in [0.25, 0.3) is 11.0 Å². The van der Waals surface area contributed by atoms with Crippen LogP contribution in [0.5, 0.6) is 0 Å². The first-order chi connectivity index (χ1) is 8.09. The topological polar surface area (TPSA) is 72.2 Å². The van der Waals surface area contributed by atoms with Gasteiger partial charge in [-0.25, -0.2) is 4.98 Å².